The van der Waals surface area contributed by atoms with Crippen molar-refractivity contribution in [1.82, 2.24) is 5.06 Å². The smallest absolute Gasteiger partial charge is 0.117 e. The van der Waals surface area contributed by atoms with Gasteiger partial charge in [-0.05, 0) is 76.6 Å². The first-order valence-corrected chi connectivity index (χ1v) is 12.6. The second-order valence-electron chi connectivity index (χ2n) is 11.6. The van der Waals surface area contributed by atoms with Crippen molar-refractivity contribution in [2.24, 2.45) is 5.41 Å². The summed E-state index contributed by atoms with van der Waals surface area (Å²) in [5.74, 6) is 0. The average Bonchev–Trinajstić information content (AvgIpc) is 3.01. The summed E-state index contributed by atoms with van der Waals surface area (Å²) < 4.78 is 0. The second kappa shape index (κ2) is 9.26. The topological polar surface area (TPSA) is 36.3 Å². The predicted molar refractivity (Wildman–Crippen MR) is 142 cm³/mol. The van der Waals surface area contributed by atoms with Crippen LogP contribution in [0.3, 0.4) is 0 Å². The Morgan fingerprint density at radius 1 is 0.771 bits per heavy atom. The van der Waals surface area contributed by atoms with Crippen LogP contribution in [0.15, 0.2) is 84.9 Å². The van der Waals surface area contributed by atoms with Gasteiger partial charge in [0.25, 0.3) is 0 Å². The number of nitriles is 1. The van der Waals surface area contributed by atoms with Crippen molar-refractivity contribution in [3.05, 3.63) is 107 Å². The van der Waals surface area contributed by atoms with Gasteiger partial charge in [-0.1, -0.05) is 84.9 Å². The van der Waals surface area contributed by atoms with E-state index in [1.807, 2.05) is 19.9 Å². The van der Waals surface area contributed by atoms with Gasteiger partial charge >= 0.3 is 0 Å². The van der Waals surface area contributed by atoms with Gasteiger partial charge in [-0.2, -0.15) is 10.3 Å². The van der Waals surface area contributed by atoms with Gasteiger partial charge in [-0.3, -0.25) is 4.84 Å². The van der Waals surface area contributed by atoms with Crippen LogP contribution in [0.4, 0.5) is 0 Å². The van der Waals surface area contributed by atoms with Crippen molar-refractivity contribution >= 4 is 0 Å². The molecule has 0 saturated carbocycles. The minimum atomic E-state index is -0.674. The summed E-state index contributed by atoms with van der Waals surface area (Å²) in [7, 11) is 0. The third-order valence-electron chi connectivity index (χ3n) is 7.52. The van der Waals surface area contributed by atoms with E-state index >= 15 is 0 Å². The van der Waals surface area contributed by atoms with Crippen molar-refractivity contribution in [3.8, 4) is 6.07 Å². The number of hydrogen-bond donors (Lipinski definition) is 0. The van der Waals surface area contributed by atoms with Gasteiger partial charge in [-0.25, -0.2) is 0 Å². The Balaban J connectivity index is 1.84. The summed E-state index contributed by atoms with van der Waals surface area (Å²) >= 11 is 0. The monoisotopic (exact) mass is 466 g/mol. The third kappa shape index (κ3) is 4.79. The molecule has 1 aliphatic heterocycles. The highest BCUT2D eigenvalue weighted by molar-refractivity contribution is 5.42. The molecular weight excluding hydrogens is 428 g/mol. The van der Waals surface area contributed by atoms with Crippen LogP contribution < -0.4 is 0 Å². The van der Waals surface area contributed by atoms with E-state index < -0.39 is 11.0 Å². The van der Waals surface area contributed by atoms with Crippen LogP contribution in [0.1, 0.15) is 76.6 Å². The Morgan fingerprint density at radius 2 is 1.26 bits per heavy atom. The number of benzene rings is 3. The van der Waals surface area contributed by atoms with Crippen molar-refractivity contribution < 1.29 is 4.84 Å². The van der Waals surface area contributed by atoms with Gasteiger partial charge in [0.05, 0.1) is 22.6 Å². The number of fused-ring (bicyclic) bond motifs is 1. The molecule has 35 heavy (non-hydrogen) atoms. The minimum absolute atomic E-state index is 0.330. The normalized spacial score (nSPS) is 18.4. The molecule has 0 amide bonds. The van der Waals surface area contributed by atoms with Crippen LogP contribution >= 0.6 is 0 Å². The van der Waals surface area contributed by atoms with Crippen LogP contribution in [-0.2, 0) is 27.9 Å². The quantitative estimate of drug-likeness (QED) is 0.339. The Hall–Kier alpha value is -2.93. The Bertz CT molecular complexity index is 1160. The van der Waals surface area contributed by atoms with Crippen LogP contribution in [-0.4, -0.2) is 5.06 Å². The molecule has 3 heteroatoms. The summed E-state index contributed by atoms with van der Waals surface area (Å²) in [6, 6.07) is 32.3. The number of nitrogens with zero attached hydrogens (tertiary/aromatic N) is 2. The van der Waals surface area contributed by atoms with Crippen molar-refractivity contribution in [1.29, 1.82) is 5.26 Å². The van der Waals surface area contributed by atoms with Crippen LogP contribution in [0.5, 0.6) is 0 Å². The Labute approximate surface area is 211 Å². The van der Waals surface area contributed by atoms with Gasteiger partial charge in [0.15, 0.2) is 0 Å². The molecule has 0 N–H and O–H groups in total. The number of rotatable bonds is 8. The fraction of sp³-hybridized carbons (Fsp3) is 0.406. The lowest BCUT2D eigenvalue weighted by Crippen LogP contribution is -2.51. The molecule has 0 fully saturated rings. The highest BCUT2D eigenvalue weighted by atomic mass is 16.7. The summed E-state index contributed by atoms with van der Waals surface area (Å²) in [6.45, 7) is 13.0. The van der Waals surface area contributed by atoms with Crippen molar-refractivity contribution in [2.75, 3.05) is 0 Å². The summed E-state index contributed by atoms with van der Waals surface area (Å²) in [5.41, 5.74) is 3.06. The molecule has 0 radical (unpaired) electrons. The van der Waals surface area contributed by atoms with E-state index in [-0.39, 0.29) is 11.1 Å². The highest BCUT2D eigenvalue weighted by Gasteiger charge is 2.54. The maximum atomic E-state index is 10.1. The summed E-state index contributed by atoms with van der Waals surface area (Å²) in [5, 5.41) is 12.3. The predicted octanol–water partition coefficient (Wildman–Crippen LogP) is 7.87. The molecule has 1 atom stereocenters. The standard InChI is InChI=1S/C32H38N2O/c1-29(2,24-33)23-32(26-17-11-8-12-18-26,22-21-25-15-9-7-10-16-25)35-34-30(3,4)27-19-13-14-20-28(27)31(34,5)6/h7-20H,21-23H2,1-6H3. The van der Waals surface area contributed by atoms with Gasteiger partial charge in [-0.15, -0.1) is 0 Å². The molecule has 3 aromatic carbocycles. The Kier molecular flexibility index (Phi) is 6.66. The number of hydrogen-bond acceptors (Lipinski definition) is 3. The number of hydroxylamine groups is 2. The molecule has 0 aromatic heterocycles. The average molecular weight is 467 g/mol. The maximum Gasteiger partial charge on any atom is 0.117 e. The fourth-order valence-corrected chi connectivity index (χ4v) is 5.82. The molecule has 182 valence electrons. The molecular formula is C32H38N2O. The van der Waals surface area contributed by atoms with E-state index in [1.54, 1.807) is 0 Å². The molecule has 0 saturated heterocycles. The molecule has 1 unspecified atom stereocenters. The molecule has 3 aromatic rings. The van der Waals surface area contributed by atoms with Gasteiger partial charge in [0.1, 0.15) is 5.60 Å². The van der Waals surface area contributed by atoms with Crippen molar-refractivity contribution in [2.45, 2.75) is 77.5 Å². The largest absolute Gasteiger partial charge is 0.286 e. The van der Waals surface area contributed by atoms with Gasteiger partial charge in [0.2, 0.25) is 0 Å². The molecule has 3 nitrogen and oxygen atoms in total. The molecule has 0 spiro atoms. The molecule has 0 bridgehead atoms. The van der Waals surface area contributed by atoms with E-state index in [9.17, 15) is 5.26 Å². The van der Waals surface area contributed by atoms with Gasteiger partial charge in [0, 0.05) is 6.42 Å². The zero-order valence-electron chi connectivity index (χ0n) is 22.0. The summed E-state index contributed by atoms with van der Waals surface area (Å²) in [4.78, 5) is 7.34. The highest BCUT2D eigenvalue weighted by Crippen LogP contribution is 2.53. The van der Waals surface area contributed by atoms with E-state index in [4.69, 9.17) is 4.84 Å². The van der Waals surface area contributed by atoms with E-state index in [0.29, 0.717) is 6.42 Å². The summed E-state index contributed by atoms with van der Waals surface area (Å²) in [6.07, 6.45) is 2.22. The number of aryl methyl sites for hydroxylation is 1. The van der Waals surface area contributed by atoms with E-state index in [0.717, 1.165) is 18.4 Å². The second-order valence-corrected chi connectivity index (χ2v) is 11.6. The van der Waals surface area contributed by atoms with Crippen LogP contribution in [0.2, 0.25) is 0 Å². The van der Waals surface area contributed by atoms with Crippen LogP contribution in [0, 0.1) is 16.7 Å². The SMILES string of the molecule is CC(C)(C#N)CC(CCc1ccccc1)(ON1C(C)(C)c2ccccc2C1(C)C)c1ccccc1. The molecule has 1 heterocycles. The lowest BCUT2D eigenvalue weighted by molar-refractivity contribution is -0.334. The fourth-order valence-electron chi connectivity index (χ4n) is 5.82. The van der Waals surface area contributed by atoms with E-state index in [2.05, 4.69) is 118 Å². The van der Waals surface area contributed by atoms with Gasteiger partial charge < -0.3 is 0 Å². The lowest BCUT2D eigenvalue weighted by atomic mass is 9.75. The molecule has 1 aliphatic rings. The van der Waals surface area contributed by atoms with Crippen LogP contribution in [0.25, 0.3) is 0 Å². The Morgan fingerprint density at radius 3 is 1.77 bits per heavy atom. The zero-order valence-corrected chi connectivity index (χ0v) is 22.0. The third-order valence-corrected chi connectivity index (χ3v) is 7.52. The first-order valence-electron chi connectivity index (χ1n) is 12.6. The first-order chi connectivity index (χ1) is 16.5. The van der Waals surface area contributed by atoms with Crippen molar-refractivity contribution in [3.63, 3.8) is 0 Å². The maximum absolute atomic E-state index is 10.1. The minimum Gasteiger partial charge on any atom is -0.286 e. The molecule has 0 aliphatic carbocycles. The lowest BCUT2D eigenvalue weighted by Gasteiger charge is -2.48. The van der Waals surface area contributed by atoms with E-state index in [1.165, 1.54) is 16.7 Å². The first kappa shape index (κ1) is 25.2. The molecule has 4 rings (SSSR count). The zero-order chi connectivity index (χ0) is 25.3.